The third-order valence-electron chi connectivity index (χ3n) is 2.66. The van der Waals surface area contributed by atoms with Gasteiger partial charge < -0.3 is 10.6 Å². The fraction of sp³-hybridized carbons (Fsp3) is 0.500. The molecule has 0 fully saturated rings. The van der Waals surface area contributed by atoms with Gasteiger partial charge in [-0.15, -0.1) is 0 Å². The highest BCUT2D eigenvalue weighted by molar-refractivity contribution is 6.29. The molecule has 0 aliphatic carbocycles. The van der Waals surface area contributed by atoms with Crippen LogP contribution in [0.25, 0.3) is 5.78 Å². The number of carbonyl (C=O) groups excluding carboxylic acids is 1. The fourth-order valence-electron chi connectivity index (χ4n) is 1.63. The molecule has 0 aliphatic rings. The van der Waals surface area contributed by atoms with Gasteiger partial charge in [0.1, 0.15) is 23.3 Å². The summed E-state index contributed by atoms with van der Waals surface area (Å²) in [6, 6.07) is 1.19. The number of carbonyl (C=O) groups is 1. The molecule has 0 saturated carbocycles. The molecule has 1 unspecified atom stereocenters. The standard InChI is InChI=1S/C12H17ClN6O/c1-7(2)5-14-11(20)8(3)17-10-4-9(13)18-12-15-6-16-19(10)12/h4,6-8,17H,5H2,1-3H3,(H,14,20). The van der Waals surface area contributed by atoms with Crippen molar-refractivity contribution < 1.29 is 4.79 Å². The number of hydrogen-bond acceptors (Lipinski definition) is 5. The molecule has 2 aromatic rings. The first-order chi connectivity index (χ1) is 9.47. The molecule has 1 amide bonds. The Hall–Kier alpha value is -1.89. The largest absolute Gasteiger partial charge is 0.358 e. The maximum Gasteiger partial charge on any atom is 0.255 e. The van der Waals surface area contributed by atoms with Crippen molar-refractivity contribution in [2.24, 2.45) is 5.92 Å². The number of halogens is 1. The van der Waals surface area contributed by atoms with Gasteiger partial charge in [-0.1, -0.05) is 25.4 Å². The van der Waals surface area contributed by atoms with Crippen LogP contribution in [0.3, 0.4) is 0 Å². The monoisotopic (exact) mass is 296 g/mol. The second-order valence-corrected chi connectivity index (χ2v) is 5.33. The van der Waals surface area contributed by atoms with Crippen LogP contribution in [-0.4, -0.2) is 38.1 Å². The predicted octanol–water partition coefficient (Wildman–Crippen LogP) is 1.35. The second-order valence-electron chi connectivity index (χ2n) is 4.94. The van der Waals surface area contributed by atoms with Gasteiger partial charge in [0.15, 0.2) is 0 Å². The van der Waals surface area contributed by atoms with Gasteiger partial charge in [-0.05, 0) is 12.8 Å². The lowest BCUT2D eigenvalue weighted by Crippen LogP contribution is -2.39. The number of nitrogens with zero attached hydrogens (tertiary/aromatic N) is 4. The van der Waals surface area contributed by atoms with E-state index in [1.807, 2.05) is 13.8 Å². The molecule has 7 nitrogen and oxygen atoms in total. The second kappa shape index (κ2) is 6.04. The van der Waals surface area contributed by atoms with E-state index >= 15 is 0 Å². The van der Waals surface area contributed by atoms with Crippen LogP contribution in [0.5, 0.6) is 0 Å². The van der Waals surface area contributed by atoms with Gasteiger partial charge in [-0.25, -0.2) is 0 Å². The van der Waals surface area contributed by atoms with Crippen molar-refractivity contribution in [1.29, 1.82) is 0 Å². The molecular weight excluding hydrogens is 280 g/mol. The Labute approximate surface area is 121 Å². The minimum Gasteiger partial charge on any atom is -0.358 e. The Bertz CT molecular complexity index is 611. The summed E-state index contributed by atoms with van der Waals surface area (Å²) >= 11 is 5.91. The number of fused-ring (bicyclic) bond motifs is 1. The number of hydrogen-bond donors (Lipinski definition) is 2. The molecule has 8 heteroatoms. The molecule has 108 valence electrons. The SMILES string of the molecule is CC(C)CNC(=O)C(C)Nc1cc(Cl)nc2ncnn12. The molecule has 2 N–H and O–H groups in total. The maximum absolute atomic E-state index is 11.9. The van der Waals surface area contributed by atoms with Gasteiger partial charge in [0.05, 0.1) is 0 Å². The van der Waals surface area contributed by atoms with E-state index < -0.39 is 6.04 Å². The van der Waals surface area contributed by atoms with E-state index in [-0.39, 0.29) is 5.91 Å². The van der Waals surface area contributed by atoms with Crippen LogP contribution >= 0.6 is 11.6 Å². The van der Waals surface area contributed by atoms with Crippen molar-refractivity contribution in [3.63, 3.8) is 0 Å². The molecule has 2 heterocycles. The molecule has 2 aromatic heterocycles. The van der Waals surface area contributed by atoms with Crippen molar-refractivity contribution in [3.05, 3.63) is 17.5 Å². The Morgan fingerprint density at radius 2 is 2.20 bits per heavy atom. The highest BCUT2D eigenvalue weighted by Crippen LogP contribution is 2.15. The van der Waals surface area contributed by atoms with Gasteiger partial charge in [-0.2, -0.15) is 19.6 Å². The van der Waals surface area contributed by atoms with Crippen LogP contribution in [0.15, 0.2) is 12.4 Å². The van der Waals surface area contributed by atoms with Gasteiger partial charge >= 0.3 is 0 Å². The minimum absolute atomic E-state index is 0.0834. The highest BCUT2D eigenvalue weighted by Gasteiger charge is 2.15. The van der Waals surface area contributed by atoms with Crippen molar-refractivity contribution >= 4 is 29.1 Å². The summed E-state index contributed by atoms with van der Waals surface area (Å²) < 4.78 is 1.50. The average Bonchev–Trinajstić information content (AvgIpc) is 2.83. The predicted molar refractivity (Wildman–Crippen MR) is 76.7 cm³/mol. The summed E-state index contributed by atoms with van der Waals surface area (Å²) in [5.41, 5.74) is 0. The van der Waals surface area contributed by atoms with Crippen molar-refractivity contribution in [2.75, 3.05) is 11.9 Å². The molecule has 20 heavy (non-hydrogen) atoms. The summed E-state index contributed by atoms with van der Waals surface area (Å²) in [5.74, 6) is 1.28. The minimum atomic E-state index is -0.417. The van der Waals surface area contributed by atoms with E-state index in [2.05, 4.69) is 25.7 Å². The Morgan fingerprint density at radius 1 is 1.45 bits per heavy atom. The summed E-state index contributed by atoms with van der Waals surface area (Å²) in [4.78, 5) is 19.9. The third-order valence-corrected chi connectivity index (χ3v) is 2.86. The Kier molecular flexibility index (Phi) is 4.39. The molecule has 0 spiro atoms. The molecule has 0 bridgehead atoms. The van der Waals surface area contributed by atoms with Crippen LogP contribution in [0.1, 0.15) is 20.8 Å². The number of nitrogens with one attached hydrogen (secondary N) is 2. The zero-order valence-corrected chi connectivity index (χ0v) is 12.3. The lowest BCUT2D eigenvalue weighted by molar-refractivity contribution is -0.121. The zero-order valence-electron chi connectivity index (χ0n) is 11.6. The normalized spacial score (nSPS) is 12.7. The van der Waals surface area contributed by atoms with E-state index in [1.165, 1.54) is 10.8 Å². The fourth-order valence-corrected chi connectivity index (χ4v) is 1.81. The van der Waals surface area contributed by atoms with E-state index in [0.717, 1.165) is 0 Å². The smallest absolute Gasteiger partial charge is 0.255 e. The van der Waals surface area contributed by atoms with Crippen LogP contribution in [0.4, 0.5) is 5.82 Å². The van der Waals surface area contributed by atoms with Crippen molar-refractivity contribution in [1.82, 2.24) is 24.9 Å². The molecule has 0 radical (unpaired) electrons. The molecule has 0 aromatic carbocycles. The summed E-state index contributed by atoms with van der Waals surface area (Å²) in [6.45, 7) is 6.49. The lowest BCUT2D eigenvalue weighted by Gasteiger charge is -2.16. The number of aromatic nitrogens is 4. The molecule has 2 rings (SSSR count). The zero-order chi connectivity index (χ0) is 14.7. The van der Waals surface area contributed by atoms with Crippen LogP contribution in [0, 0.1) is 5.92 Å². The van der Waals surface area contributed by atoms with Crippen LogP contribution in [0.2, 0.25) is 5.15 Å². The molecule has 1 atom stereocenters. The van der Waals surface area contributed by atoms with Gasteiger partial charge in [-0.3, -0.25) is 4.79 Å². The molecule has 0 saturated heterocycles. The number of amides is 1. The first-order valence-electron chi connectivity index (χ1n) is 6.38. The summed E-state index contributed by atoms with van der Waals surface area (Å²) in [6.07, 6.45) is 1.38. The first kappa shape index (κ1) is 14.5. The number of rotatable bonds is 5. The topological polar surface area (TPSA) is 84.2 Å². The third kappa shape index (κ3) is 3.36. The van der Waals surface area contributed by atoms with Crippen LogP contribution < -0.4 is 10.6 Å². The quantitative estimate of drug-likeness (QED) is 0.814. The molecular formula is C12H17ClN6O. The van der Waals surface area contributed by atoms with Gasteiger partial charge in [0, 0.05) is 12.6 Å². The number of anilines is 1. The van der Waals surface area contributed by atoms with E-state index in [0.29, 0.717) is 29.2 Å². The maximum atomic E-state index is 11.9. The lowest BCUT2D eigenvalue weighted by atomic mass is 10.2. The molecule has 0 aliphatic heterocycles. The first-order valence-corrected chi connectivity index (χ1v) is 6.75. The summed E-state index contributed by atoms with van der Waals surface area (Å²) in [7, 11) is 0. The Balaban J connectivity index is 2.11. The van der Waals surface area contributed by atoms with Gasteiger partial charge in [0.2, 0.25) is 5.91 Å². The van der Waals surface area contributed by atoms with Crippen molar-refractivity contribution in [2.45, 2.75) is 26.8 Å². The van der Waals surface area contributed by atoms with E-state index in [9.17, 15) is 4.79 Å². The van der Waals surface area contributed by atoms with E-state index in [4.69, 9.17) is 11.6 Å². The Morgan fingerprint density at radius 3 is 2.90 bits per heavy atom. The average molecular weight is 297 g/mol. The van der Waals surface area contributed by atoms with Crippen LogP contribution in [-0.2, 0) is 4.79 Å². The van der Waals surface area contributed by atoms with E-state index in [1.54, 1.807) is 13.0 Å². The van der Waals surface area contributed by atoms with Gasteiger partial charge in [0.25, 0.3) is 5.78 Å². The summed E-state index contributed by atoms with van der Waals surface area (Å²) in [5, 5.41) is 10.3. The highest BCUT2D eigenvalue weighted by atomic mass is 35.5. The van der Waals surface area contributed by atoms with Crippen molar-refractivity contribution in [3.8, 4) is 0 Å².